The molecular formula is C13H17N3O3S. The molecule has 20 heavy (non-hydrogen) atoms. The normalized spacial score (nSPS) is 27.7. The molecule has 2 aliphatic rings. The summed E-state index contributed by atoms with van der Waals surface area (Å²) in [6.07, 6.45) is 3.50. The maximum absolute atomic E-state index is 12.1. The highest BCUT2D eigenvalue weighted by molar-refractivity contribution is 7.15. The molecular weight excluding hydrogens is 278 g/mol. The Labute approximate surface area is 120 Å². The van der Waals surface area contributed by atoms with Gasteiger partial charge in [0.25, 0.3) is 0 Å². The van der Waals surface area contributed by atoms with Gasteiger partial charge in [0.05, 0.1) is 11.8 Å². The molecule has 7 heteroatoms. The molecule has 2 aliphatic carbocycles. The highest BCUT2D eigenvalue weighted by Gasteiger charge is 2.66. The Morgan fingerprint density at radius 3 is 2.50 bits per heavy atom. The second-order valence-electron chi connectivity index (χ2n) is 6.18. The minimum atomic E-state index is -0.914. The Morgan fingerprint density at radius 2 is 2.00 bits per heavy atom. The molecule has 0 radical (unpaired) electrons. The van der Waals surface area contributed by atoms with Crippen molar-refractivity contribution in [2.24, 2.45) is 17.3 Å². The number of carbonyl (C=O) groups excluding carboxylic acids is 1. The number of anilines is 1. The van der Waals surface area contributed by atoms with E-state index in [-0.39, 0.29) is 5.91 Å². The van der Waals surface area contributed by atoms with Gasteiger partial charge in [0.2, 0.25) is 11.0 Å². The lowest BCUT2D eigenvalue weighted by Crippen LogP contribution is -2.17. The predicted octanol–water partition coefficient (Wildman–Crippen LogP) is 2.10. The molecule has 0 aromatic carbocycles. The number of hydrogen-bond acceptors (Lipinski definition) is 5. The predicted molar refractivity (Wildman–Crippen MR) is 73.5 cm³/mol. The van der Waals surface area contributed by atoms with Gasteiger partial charge in [0.1, 0.15) is 5.01 Å². The third-order valence-electron chi connectivity index (χ3n) is 4.50. The summed E-state index contributed by atoms with van der Waals surface area (Å²) in [6.45, 7) is 3.60. The van der Waals surface area contributed by atoms with Crippen LogP contribution < -0.4 is 5.32 Å². The third kappa shape index (κ3) is 2.09. The van der Waals surface area contributed by atoms with Crippen LogP contribution in [-0.2, 0) is 9.59 Å². The Balaban J connectivity index is 1.65. The molecule has 0 aliphatic heterocycles. The van der Waals surface area contributed by atoms with Crippen molar-refractivity contribution >= 4 is 28.3 Å². The number of aliphatic carboxylic acids is 1. The van der Waals surface area contributed by atoms with Crippen molar-refractivity contribution in [2.75, 3.05) is 5.32 Å². The quantitative estimate of drug-likeness (QED) is 0.887. The second kappa shape index (κ2) is 4.51. The van der Waals surface area contributed by atoms with E-state index in [2.05, 4.69) is 15.5 Å². The summed E-state index contributed by atoms with van der Waals surface area (Å²) in [6, 6.07) is 0. The van der Waals surface area contributed by atoms with Gasteiger partial charge in [0.15, 0.2) is 0 Å². The average Bonchev–Trinajstić information content (AvgIpc) is 2.62. The van der Waals surface area contributed by atoms with E-state index in [1.54, 1.807) is 13.8 Å². The summed E-state index contributed by atoms with van der Waals surface area (Å²) in [4.78, 5) is 23.2. The van der Waals surface area contributed by atoms with Crippen LogP contribution in [0.15, 0.2) is 0 Å². The molecule has 1 amide bonds. The first-order valence-electron chi connectivity index (χ1n) is 6.78. The van der Waals surface area contributed by atoms with E-state index in [9.17, 15) is 9.59 Å². The number of carboxylic acids is 1. The molecule has 2 saturated carbocycles. The van der Waals surface area contributed by atoms with Crippen LogP contribution in [0.3, 0.4) is 0 Å². The van der Waals surface area contributed by atoms with E-state index in [0.29, 0.717) is 11.0 Å². The van der Waals surface area contributed by atoms with Crippen LogP contribution in [0.2, 0.25) is 0 Å². The van der Waals surface area contributed by atoms with Gasteiger partial charge in [-0.05, 0) is 18.3 Å². The van der Waals surface area contributed by atoms with Crippen LogP contribution in [0.4, 0.5) is 5.13 Å². The fraction of sp³-hybridized carbons (Fsp3) is 0.692. The third-order valence-corrected chi connectivity index (χ3v) is 5.50. The van der Waals surface area contributed by atoms with Gasteiger partial charge in [-0.3, -0.25) is 9.59 Å². The van der Waals surface area contributed by atoms with Crippen molar-refractivity contribution in [3.63, 3.8) is 0 Å². The van der Waals surface area contributed by atoms with Crippen LogP contribution >= 0.6 is 11.3 Å². The number of aromatic nitrogens is 2. The number of rotatable bonds is 4. The van der Waals surface area contributed by atoms with Gasteiger partial charge in [-0.25, -0.2) is 0 Å². The topological polar surface area (TPSA) is 92.2 Å². The minimum absolute atomic E-state index is 0.265. The first-order valence-corrected chi connectivity index (χ1v) is 7.60. The molecule has 1 heterocycles. The van der Waals surface area contributed by atoms with Crippen LogP contribution in [0.1, 0.15) is 44.0 Å². The number of carboxylic acid groups (broad SMARTS) is 1. The van der Waals surface area contributed by atoms with Gasteiger partial charge < -0.3 is 10.4 Å². The molecule has 2 N–H and O–H groups in total. The van der Waals surface area contributed by atoms with Crippen molar-refractivity contribution in [2.45, 2.75) is 39.0 Å². The summed E-state index contributed by atoms with van der Waals surface area (Å²) in [7, 11) is 0. The lowest BCUT2D eigenvalue weighted by Gasteiger charge is -2.21. The zero-order valence-corrected chi connectivity index (χ0v) is 12.2. The molecule has 0 saturated heterocycles. The standard InChI is InChI=1S/C13H17N3O3S/c1-13(2)7(8(13)11(18)19)9(17)14-12-16-15-10(20-12)6-4-3-5-6/h6-8H,3-5H2,1-2H3,(H,18,19)(H,14,16,17)/t7-,8+/m1/s1. The molecule has 108 valence electrons. The van der Waals surface area contributed by atoms with E-state index in [1.165, 1.54) is 17.8 Å². The molecule has 6 nitrogen and oxygen atoms in total. The number of nitrogens with zero attached hydrogens (tertiary/aromatic N) is 2. The lowest BCUT2D eigenvalue weighted by molar-refractivity contribution is -0.140. The van der Waals surface area contributed by atoms with E-state index in [1.807, 2.05) is 0 Å². The minimum Gasteiger partial charge on any atom is -0.481 e. The zero-order valence-electron chi connectivity index (χ0n) is 11.4. The highest BCUT2D eigenvalue weighted by Crippen LogP contribution is 2.58. The van der Waals surface area contributed by atoms with Gasteiger partial charge in [-0.15, -0.1) is 10.2 Å². The molecule has 2 atom stereocenters. The van der Waals surface area contributed by atoms with Gasteiger partial charge in [0, 0.05) is 5.92 Å². The molecule has 0 bridgehead atoms. The Bertz CT molecular complexity index is 565. The largest absolute Gasteiger partial charge is 0.481 e. The highest BCUT2D eigenvalue weighted by atomic mass is 32.1. The van der Waals surface area contributed by atoms with Crippen LogP contribution in [-0.4, -0.2) is 27.2 Å². The SMILES string of the molecule is CC1(C)[C@H](C(=O)O)[C@@H]1C(=O)Nc1nnc(C2CCC2)s1. The Hall–Kier alpha value is -1.50. The van der Waals surface area contributed by atoms with Gasteiger partial charge in [-0.2, -0.15) is 0 Å². The fourth-order valence-electron chi connectivity index (χ4n) is 2.88. The number of amides is 1. The van der Waals surface area contributed by atoms with E-state index in [0.717, 1.165) is 17.8 Å². The number of carbonyl (C=O) groups is 2. The van der Waals surface area contributed by atoms with Crippen LogP contribution in [0, 0.1) is 17.3 Å². The molecule has 0 unspecified atom stereocenters. The summed E-state index contributed by atoms with van der Waals surface area (Å²) >= 11 is 1.40. The molecule has 0 spiro atoms. The second-order valence-corrected chi connectivity index (χ2v) is 7.19. The summed E-state index contributed by atoms with van der Waals surface area (Å²) < 4.78 is 0. The van der Waals surface area contributed by atoms with Crippen molar-refractivity contribution in [1.29, 1.82) is 0 Å². The maximum atomic E-state index is 12.1. The van der Waals surface area contributed by atoms with Gasteiger partial charge in [-0.1, -0.05) is 31.6 Å². The number of nitrogens with one attached hydrogen (secondary N) is 1. The van der Waals surface area contributed by atoms with E-state index in [4.69, 9.17) is 5.11 Å². The molecule has 2 fully saturated rings. The fourth-order valence-corrected chi connectivity index (χ4v) is 3.79. The zero-order chi connectivity index (χ0) is 14.5. The van der Waals surface area contributed by atoms with Crippen LogP contribution in [0.5, 0.6) is 0 Å². The smallest absolute Gasteiger partial charge is 0.307 e. The van der Waals surface area contributed by atoms with Crippen LogP contribution in [0.25, 0.3) is 0 Å². The molecule has 1 aromatic heterocycles. The maximum Gasteiger partial charge on any atom is 0.307 e. The Morgan fingerprint density at radius 1 is 1.30 bits per heavy atom. The molecule has 3 rings (SSSR count). The first-order chi connectivity index (χ1) is 9.41. The van der Waals surface area contributed by atoms with E-state index < -0.39 is 23.2 Å². The van der Waals surface area contributed by atoms with Crippen molar-refractivity contribution in [3.05, 3.63) is 5.01 Å². The first kappa shape index (κ1) is 13.5. The Kier molecular flexibility index (Phi) is 3.04. The lowest BCUT2D eigenvalue weighted by atomic mass is 9.86. The summed E-state index contributed by atoms with van der Waals surface area (Å²) in [5.74, 6) is -1.79. The summed E-state index contributed by atoms with van der Waals surface area (Å²) in [5, 5.41) is 21.3. The van der Waals surface area contributed by atoms with E-state index >= 15 is 0 Å². The monoisotopic (exact) mass is 295 g/mol. The van der Waals surface area contributed by atoms with Crippen molar-refractivity contribution in [3.8, 4) is 0 Å². The number of hydrogen-bond donors (Lipinski definition) is 2. The molecule has 1 aromatic rings. The van der Waals surface area contributed by atoms with Crippen molar-refractivity contribution in [1.82, 2.24) is 10.2 Å². The van der Waals surface area contributed by atoms with Gasteiger partial charge >= 0.3 is 5.97 Å². The summed E-state index contributed by atoms with van der Waals surface area (Å²) in [5.41, 5.74) is -0.489. The average molecular weight is 295 g/mol. The van der Waals surface area contributed by atoms with Crippen molar-refractivity contribution < 1.29 is 14.7 Å².